The fourth-order valence-electron chi connectivity index (χ4n) is 6.12. The Morgan fingerprint density at radius 1 is 0.339 bits per heavy atom. The lowest BCUT2D eigenvalue weighted by atomic mass is 9.71. The third kappa shape index (κ3) is 7.17. The van der Waals surface area contributed by atoms with E-state index in [0.717, 1.165) is 0 Å². The second-order valence-corrected chi connectivity index (χ2v) is 12.6. The summed E-state index contributed by atoms with van der Waals surface area (Å²) in [6.45, 7) is 11.2. The molecule has 0 fully saturated rings. The molecule has 6 aromatic carbocycles. The molecule has 0 saturated carbocycles. The quantitative estimate of drug-likeness (QED) is 0.0532. The Hall–Kier alpha value is -6.90. The van der Waals surface area contributed by atoms with Crippen LogP contribution in [-0.2, 0) is 5.41 Å². The maximum atomic E-state index is 14.9. The van der Waals surface area contributed by atoms with Gasteiger partial charge >= 0.3 is 0 Å². The largest absolute Gasteiger partial charge is 0.451 e. The lowest BCUT2D eigenvalue weighted by Gasteiger charge is -2.32. The van der Waals surface area contributed by atoms with Crippen molar-refractivity contribution in [2.24, 2.45) is 0 Å². The van der Waals surface area contributed by atoms with Crippen molar-refractivity contribution in [3.63, 3.8) is 0 Å². The van der Waals surface area contributed by atoms with Gasteiger partial charge in [0.15, 0.2) is 52.4 Å². The molecule has 0 aromatic heterocycles. The highest BCUT2D eigenvalue weighted by atomic mass is 19.2. The van der Waals surface area contributed by atoms with Crippen LogP contribution >= 0.6 is 0 Å². The Balaban J connectivity index is 1.41. The molecule has 0 heterocycles. The molecular formula is C44H24F12O3. The smallest absolute Gasteiger partial charge is 0.207 e. The number of rotatable bonds is 12. The number of halogens is 12. The van der Waals surface area contributed by atoms with Crippen LogP contribution in [0.2, 0.25) is 0 Å². The van der Waals surface area contributed by atoms with E-state index in [0.29, 0.717) is 34.9 Å². The summed E-state index contributed by atoms with van der Waals surface area (Å²) in [6, 6.07) is 15.9. The second-order valence-electron chi connectivity index (χ2n) is 12.6. The van der Waals surface area contributed by atoms with Crippen molar-refractivity contribution in [1.29, 1.82) is 0 Å². The molecule has 0 radical (unpaired) electrons. The van der Waals surface area contributed by atoms with E-state index in [1.165, 1.54) is 72.8 Å². The predicted octanol–water partition coefficient (Wildman–Crippen LogP) is 14.0. The molecule has 0 aliphatic rings. The molecule has 302 valence electrons. The fraction of sp³-hybridized carbons (Fsp3) is 0.0455. The third-order valence-corrected chi connectivity index (χ3v) is 9.34. The van der Waals surface area contributed by atoms with E-state index in [9.17, 15) is 52.7 Å². The summed E-state index contributed by atoms with van der Waals surface area (Å²) in [4.78, 5) is 0. The molecule has 0 atom stereocenters. The number of ether oxygens (including phenoxy) is 3. The SMILES string of the molecule is C=Cc1c(F)c(F)c(F)c(Oc2ccc(C(C)(c3ccc(Oc4c(F)c(F)c(F)c(C=C)c4F)cc3)c3ccc(Oc4c(F)c(F)c(F)c(C=C)c4F)cc3)cc2)c1F. The van der Waals surface area contributed by atoms with E-state index >= 15 is 0 Å². The Kier molecular flexibility index (Phi) is 11.4. The summed E-state index contributed by atoms with van der Waals surface area (Å²) < 4.78 is 189. The lowest BCUT2D eigenvalue weighted by molar-refractivity contribution is 0.365. The average Bonchev–Trinajstić information content (AvgIpc) is 3.24. The van der Waals surface area contributed by atoms with Gasteiger partial charge in [-0.3, -0.25) is 0 Å². The molecular weight excluding hydrogens is 804 g/mol. The summed E-state index contributed by atoms with van der Waals surface area (Å²) in [5.74, 6) is -26.5. The molecule has 6 rings (SSSR count). The number of hydrogen-bond donors (Lipinski definition) is 0. The van der Waals surface area contributed by atoms with Crippen LogP contribution in [0, 0.1) is 69.8 Å². The van der Waals surface area contributed by atoms with Gasteiger partial charge in [0.2, 0.25) is 34.7 Å². The Morgan fingerprint density at radius 3 is 0.763 bits per heavy atom. The lowest BCUT2D eigenvalue weighted by Crippen LogP contribution is -2.25. The van der Waals surface area contributed by atoms with Gasteiger partial charge in [0.05, 0.1) is 16.7 Å². The molecule has 0 saturated heterocycles. The molecule has 0 bridgehead atoms. The fourth-order valence-corrected chi connectivity index (χ4v) is 6.12. The van der Waals surface area contributed by atoms with Gasteiger partial charge in [-0.15, -0.1) is 0 Å². The minimum absolute atomic E-state index is 0.244. The van der Waals surface area contributed by atoms with E-state index in [1.54, 1.807) is 6.92 Å². The van der Waals surface area contributed by atoms with Crippen LogP contribution in [0.1, 0.15) is 40.3 Å². The Bertz CT molecular complexity index is 2370. The van der Waals surface area contributed by atoms with Crippen LogP contribution in [0.4, 0.5) is 52.7 Å². The van der Waals surface area contributed by atoms with Gasteiger partial charge in [0.1, 0.15) is 17.2 Å². The summed E-state index contributed by atoms with van der Waals surface area (Å²) in [7, 11) is 0. The monoisotopic (exact) mass is 828 g/mol. The van der Waals surface area contributed by atoms with Gasteiger partial charge in [-0.2, -0.15) is 13.2 Å². The topological polar surface area (TPSA) is 27.7 Å². The highest BCUT2D eigenvalue weighted by Gasteiger charge is 2.33. The van der Waals surface area contributed by atoms with Gasteiger partial charge in [-0.25, -0.2) is 39.5 Å². The van der Waals surface area contributed by atoms with Crippen molar-refractivity contribution in [3.05, 3.63) is 196 Å². The maximum absolute atomic E-state index is 14.9. The minimum Gasteiger partial charge on any atom is -0.451 e. The van der Waals surface area contributed by atoms with Crippen molar-refractivity contribution in [2.45, 2.75) is 12.3 Å². The third-order valence-electron chi connectivity index (χ3n) is 9.34. The zero-order chi connectivity index (χ0) is 43.1. The van der Waals surface area contributed by atoms with Crippen molar-refractivity contribution >= 4 is 18.2 Å². The van der Waals surface area contributed by atoms with Gasteiger partial charge in [-0.05, 0) is 60.0 Å². The summed E-state index contributed by atoms with van der Waals surface area (Å²) in [5.41, 5.74) is -3.10. The Morgan fingerprint density at radius 2 is 0.559 bits per heavy atom. The molecule has 59 heavy (non-hydrogen) atoms. The summed E-state index contributed by atoms with van der Waals surface area (Å²) >= 11 is 0. The van der Waals surface area contributed by atoms with E-state index < -0.39 is 109 Å². The van der Waals surface area contributed by atoms with Crippen LogP contribution in [0.3, 0.4) is 0 Å². The standard InChI is InChI=1S/C44H24F12O3/c1-5-26-29(45)35(51)38(54)41(32(26)48)57-23-14-8-20(9-15-23)44(4,21-10-16-24(17-11-21)58-42-33(49)27(6-2)30(46)36(52)39(42)55)22-12-18-25(19-13-22)59-43-34(50)28(7-3)31(47)37(53)40(43)56/h5-19H,1-3H2,4H3. The van der Waals surface area contributed by atoms with Crippen molar-refractivity contribution in [2.75, 3.05) is 0 Å². The molecule has 0 aliphatic carbocycles. The van der Waals surface area contributed by atoms with Crippen LogP contribution < -0.4 is 14.2 Å². The molecule has 6 aromatic rings. The summed E-state index contributed by atoms with van der Waals surface area (Å²) in [5, 5.41) is 0. The first-order valence-corrected chi connectivity index (χ1v) is 16.8. The molecule has 0 aliphatic heterocycles. The highest BCUT2D eigenvalue weighted by Crippen LogP contribution is 2.43. The van der Waals surface area contributed by atoms with E-state index in [2.05, 4.69) is 19.7 Å². The molecule has 0 amide bonds. The second kappa shape index (κ2) is 16.2. The molecule has 15 heteroatoms. The van der Waals surface area contributed by atoms with Crippen molar-refractivity contribution < 1.29 is 66.9 Å². The molecule has 0 spiro atoms. The summed E-state index contributed by atoms with van der Waals surface area (Å²) in [6.07, 6.45) is 1.90. The van der Waals surface area contributed by atoms with E-state index in [-0.39, 0.29) is 17.2 Å². The van der Waals surface area contributed by atoms with Crippen molar-refractivity contribution in [3.8, 4) is 34.5 Å². The Labute approximate surface area is 327 Å². The predicted molar refractivity (Wildman–Crippen MR) is 194 cm³/mol. The first-order chi connectivity index (χ1) is 28.0. The van der Waals surface area contributed by atoms with Crippen LogP contribution in [-0.4, -0.2) is 0 Å². The zero-order valence-electron chi connectivity index (χ0n) is 30.0. The molecule has 0 N–H and O–H groups in total. The first kappa shape index (κ1) is 41.7. The first-order valence-electron chi connectivity index (χ1n) is 16.8. The van der Waals surface area contributed by atoms with Crippen molar-refractivity contribution in [1.82, 2.24) is 0 Å². The van der Waals surface area contributed by atoms with Gasteiger partial charge in [0.25, 0.3) is 0 Å². The van der Waals surface area contributed by atoms with Gasteiger partial charge in [0, 0.05) is 5.41 Å². The normalized spacial score (nSPS) is 11.3. The average molecular weight is 829 g/mol. The van der Waals surface area contributed by atoms with E-state index in [4.69, 9.17) is 14.2 Å². The number of benzene rings is 6. The minimum atomic E-state index is -2.01. The highest BCUT2D eigenvalue weighted by molar-refractivity contribution is 5.58. The van der Waals surface area contributed by atoms with Gasteiger partial charge in [-0.1, -0.05) is 74.4 Å². The van der Waals surface area contributed by atoms with Crippen LogP contribution in [0.25, 0.3) is 18.2 Å². The van der Waals surface area contributed by atoms with Crippen LogP contribution in [0.5, 0.6) is 34.5 Å². The molecule has 0 unspecified atom stereocenters. The van der Waals surface area contributed by atoms with Gasteiger partial charge < -0.3 is 14.2 Å². The van der Waals surface area contributed by atoms with Crippen LogP contribution in [0.15, 0.2) is 92.5 Å². The van der Waals surface area contributed by atoms with E-state index in [1.807, 2.05) is 0 Å². The maximum Gasteiger partial charge on any atom is 0.207 e. The zero-order valence-corrected chi connectivity index (χ0v) is 30.0. The number of hydrogen-bond acceptors (Lipinski definition) is 3. The molecule has 3 nitrogen and oxygen atoms in total.